The molecule has 0 aromatic heterocycles. The molecule has 1 unspecified atom stereocenters. The second-order valence-electron chi connectivity index (χ2n) is 4.13. The normalized spacial score (nSPS) is 11.6. The second-order valence-corrected chi connectivity index (χ2v) is 4.13. The van der Waals surface area contributed by atoms with Gasteiger partial charge in [0, 0.05) is 11.3 Å². The molecule has 0 heterocycles. The molecule has 0 fully saturated rings. The molecule has 1 atom stereocenters. The zero-order chi connectivity index (χ0) is 12.7. The zero-order valence-electron chi connectivity index (χ0n) is 10.4. The fourth-order valence-electron chi connectivity index (χ4n) is 1.67. The molecule has 1 aromatic rings. The fraction of sp³-hybridized carbons (Fsp3) is 0.429. The first kappa shape index (κ1) is 13.2. The van der Waals surface area contributed by atoms with Crippen molar-refractivity contribution < 1.29 is 4.79 Å². The van der Waals surface area contributed by atoms with E-state index in [4.69, 9.17) is 5.26 Å². The third kappa shape index (κ3) is 3.92. The molecule has 0 aliphatic carbocycles. The van der Waals surface area contributed by atoms with Gasteiger partial charge < -0.3 is 5.32 Å². The summed E-state index contributed by atoms with van der Waals surface area (Å²) in [6, 6.07) is 7.47. The van der Waals surface area contributed by atoms with Crippen LogP contribution in [0.5, 0.6) is 0 Å². The molecule has 1 rings (SSSR count). The highest BCUT2D eigenvalue weighted by atomic mass is 16.1. The number of unbranched alkanes of at least 4 members (excludes halogenated alkanes) is 1. The summed E-state index contributed by atoms with van der Waals surface area (Å²) in [5, 5.41) is 11.9. The van der Waals surface area contributed by atoms with Crippen molar-refractivity contribution >= 4 is 12.0 Å². The first-order chi connectivity index (χ1) is 8.21. The van der Waals surface area contributed by atoms with Crippen LogP contribution in [-0.2, 0) is 6.42 Å². The van der Waals surface area contributed by atoms with E-state index >= 15 is 0 Å². The molecule has 1 N–H and O–H groups in total. The average Bonchev–Trinajstić information content (AvgIpc) is 2.37. The monoisotopic (exact) mass is 230 g/mol. The predicted octanol–water partition coefficient (Wildman–Crippen LogP) is 3.17. The van der Waals surface area contributed by atoms with Crippen molar-refractivity contribution in [3.05, 3.63) is 29.3 Å². The number of carbonyl (C=O) groups excluding carboxylic acids is 1. The van der Waals surface area contributed by atoms with Crippen LogP contribution < -0.4 is 5.32 Å². The largest absolute Gasteiger partial charge is 0.370 e. The van der Waals surface area contributed by atoms with Gasteiger partial charge in [-0.1, -0.05) is 13.3 Å². The number of aryl methyl sites for hydroxylation is 1. The lowest BCUT2D eigenvalue weighted by Gasteiger charge is -2.13. The molecular weight excluding hydrogens is 212 g/mol. The molecule has 3 heteroatoms. The summed E-state index contributed by atoms with van der Waals surface area (Å²) < 4.78 is 0. The number of benzene rings is 1. The molecule has 1 aromatic carbocycles. The summed E-state index contributed by atoms with van der Waals surface area (Å²) in [5.41, 5.74) is 2.75. The van der Waals surface area contributed by atoms with E-state index in [1.165, 1.54) is 0 Å². The number of nitrogens with zero attached hydrogens (tertiary/aromatic N) is 1. The van der Waals surface area contributed by atoms with Crippen molar-refractivity contribution in [1.82, 2.24) is 0 Å². The van der Waals surface area contributed by atoms with Gasteiger partial charge in [0.1, 0.15) is 12.3 Å². The molecule has 0 aliphatic heterocycles. The Bertz CT molecular complexity index is 421. The van der Waals surface area contributed by atoms with Crippen molar-refractivity contribution in [2.24, 2.45) is 0 Å². The second kappa shape index (κ2) is 6.70. The first-order valence-corrected chi connectivity index (χ1v) is 5.95. The van der Waals surface area contributed by atoms with Gasteiger partial charge in [-0.15, -0.1) is 0 Å². The van der Waals surface area contributed by atoms with E-state index in [2.05, 4.69) is 18.3 Å². The molecule has 17 heavy (non-hydrogen) atoms. The van der Waals surface area contributed by atoms with Crippen molar-refractivity contribution in [1.29, 1.82) is 5.26 Å². The molecule has 0 saturated carbocycles. The zero-order valence-corrected chi connectivity index (χ0v) is 10.4. The molecule has 0 amide bonds. The van der Waals surface area contributed by atoms with Gasteiger partial charge >= 0.3 is 0 Å². The third-order valence-electron chi connectivity index (χ3n) is 2.63. The Morgan fingerprint density at radius 1 is 1.53 bits per heavy atom. The maximum Gasteiger partial charge on any atom is 0.150 e. The Labute approximate surface area is 102 Å². The lowest BCUT2D eigenvalue weighted by atomic mass is 10.0. The van der Waals surface area contributed by atoms with Gasteiger partial charge in [0.15, 0.2) is 0 Å². The lowest BCUT2D eigenvalue weighted by molar-refractivity contribution is 0.112. The highest BCUT2D eigenvalue weighted by molar-refractivity contribution is 5.77. The minimum Gasteiger partial charge on any atom is -0.370 e. The van der Waals surface area contributed by atoms with Gasteiger partial charge in [-0.3, -0.25) is 4.79 Å². The predicted molar refractivity (Wildman–Crippen MR) is 69.1 cm³/mol. The summed E-state index contributed by atoms with van der Waals surface area (Å²) >= 11 is 0. The summed E-state index contributed by atoms with van der Waals surface area (Å²) in [4.78, 5) is 10.7. The van der Waals surface area contributed by atoms with E-state index in [1.54, 1.807) is 6.07 Å². The number of anilines is 1. The Kier molecular flexibility index (Phi) is 5.22. The van der Waals surface area contributed by atoms with Gasteiger partial charge in [0.25, 0.3) is 0 Å². The van der Waals surface area contributed by atoms with Crippen LogP contribution in [0.4, 0.5) is 5.69 Å². The van der Waals surface area contributed by atoms with E-state index in [1.807, 2.05) is 19.1 Å². The van der Waals surface area contributed by atoms with Gasteiger partial charge in [0.2, 0.25) is 0 Å². The summed E-state index contributed by atoms with van der Waals surface area (Å²) in [6.45, 7) is 3.95. The molecule has 0 spiro atoms. The average molecular weight is 230 g/mol. The van der Waals surface area contributed by atoms with Gasteiger partial charge in [0.05, 0.1) is 6.07 Å². The van der Waals surface area contributed by atoms with Gasteiger partial charge in [-0.25, -0.2) is 0 Å². The first-order valence-electron chi connectivity index (χ1n) is 5.95. The van der Waals surface area contributed by atoms with Crippen LogP contribution in [0.2, 0.25) is 0 Å². The number of rotatable bonds is 6. The Balaban J connectivity index is 2.93. The number of hydrogen-bond donors (Lipinski definition) is 1. The van der Waals surface area contributed by atoms with Crippen LogP contribution in [0.3, 0.4) is 0 Å². The molecule has 0 bridgehead atoms. The van der Waals surface area contributed by atoms with E-state index in [0.717, 1.165) is 36.8 Å². The van der Waals surface area contributed by atoms with Crippen LogP contribution in [0, 0.1) is 11.3 Å². The standard InChI is InChI=1S/C14H18N2O/c1-3-4-5-13-8-12(10-17)6-7-14(13)16-11(2)9-15/h6-8,10-11,16H,3-5H2,1-2H3. The molecule has 0 aliphatic rings. The Morgan fingerprint density at radius 3 is 2.88 bits per heavy atom. The van der Waals surface area contributed by atoms with Gasteiger partial charge in [-0.05, 0) is 43.5 Å². The van der Waals surface area contributed by atoms with Crippen molar-refractivity contribution in [2.75, 3.05) is 5.32 Å². The van der Waals surface area contributed by atoms with Crippen molar-refractivity contribution in [3.63, 3.8) is 0 Å². The van der Waals surface area contributed by atoms with Crippen LogP contribution in [0.1, 0.15) is 42.6 Å². The molecule has 90 valence electrons. The topological polar surface area (TPSA) is 52.9 Å². The quantitative estimate of drug-likeness (QED) is 0.764. The van der Waals surface area contributed by atoms with E-state index in [-0.39, 0.29) is 6.04 Å². The van der Waals surface area contributed by atoms with Crippen molar-refractivity contribution in [3.8, 4) is 6.07 Å². The van der Waals surface area contributed by atoms with E-state index < -0.39 is 0 Å². The maximum atomic E-state index is 10.7. The number of carbonyl (C=O) groups is 1. The third-order valence-corrected chi connectivity index (χ3v) is 2.63. The highest BCUT2D eigenvalue weighted by Crippen LogP contribution is 2.20. The van der Waals surface area contributed by atoms with Crippen LogP contribution in [-0.4, -0.2) is 12.3 Å². The smallest absolute Gasteiger partial charge is 0.150 e. The lowest BCUT2D eigenvalue weighted by Crippen LogP contribution is -2.13. The van der Waals surface area contributed by atoms with Crippen LogP contribution >= 0.6 is 0 Å². The molecule has 0 saturated heterocycles. The Hall–Kier alpha value is -1.82. The number of aldehydes is 1. The van der Waals surface area contributed by atoms with E-state index in [9.17, 15) is 4.79 Å². The highest BCUT2D eigenvalue weighted by Gasteiger charge is 2.06. The summed E-state index contributed by atoms with van der Waals surface area (Å²) in [5.74, 6) is 0. The fourth-order valence-corrected chi connectivity index (χ4v) is 1.67. The number of hydrogen-bond acceptors (Lipinski definition) is 3. The Morgan fingerprint density at radius 2 is 2.29 bits per heavy atom. The van der Waals surface area contributed by atoms with Crippen molar-refractivity contribution in [2.45, 2.75) is 39.2 Å². The van der Waals surface area contributed by atoms with Gasteiger partial charge in [-0.2, -0.15) is 5.26 Å². The summed E-state index contributed by atoms with van der Waals surface area (Å²) in [6.07, 6.45) is 3.97. The summed E-state index contributed by atoms with van der Waals surface area (Å²) in [7, 11) is 0. The number of nitriles is 1. The molecule has 0 radical (unpaired) electrons. The van der Waals surface area contributed by atoms with Crippen LogP contribution in [0.15, 0.2) is 18.2 Å². The van der Waals surface area contributed by atoms with Crippen LogP contribution in [0.25, 0.3) is 0 Å². The SMILES string of the molecule is CCCCc1cc(C=O)ccc1NC(C)C#N. The number of nitrogens with one attached hydrogen (secondary N) is 1. The molecule has 3 nitrogen and oxygen atoms in total. The minimum atomic E-state index is -0.225. The van der Waals surface area contributed by atoms with E-state index in [0.29, 0.717) is 5.56 Å². The maximum absolute atomic E-state index is 10.7. The minimum absolute atomic E-state index is 0.225. The molecular formula is C14H18N2O.